The van der Waals surface area contributed by atoms with Crippen LogP contribution < -0.4 is 4.74 Å². The van der Waals surface area contributed by atoms with Crippen molar-refractivity contribution in [2.75, 3.05) is 6.61 Å². The van der Waals surface area contributed by atoms with Crippen LogP contribution in [0.1, 0.15) is 28.8 Å². The van der Waals surface area contributed by atoms with E-state index < -0.39 is 0 Å². The van der Waals surface area contributed by atoms with Crippen LogP contribution >= 0.6 is 0 Å². The molecule has 2 rings (SSSR count). The maximum Gasteiger partial charge on any atom is 0.163 e. The first-order valence-corrected chi connectivity index (χ1v) is 6.61. The predicted molar refractivity (Wildman–Crippen MR) is 76.6 cm³/mol. The van der Waals surface area contributed by atoms with Crippen LogP contribution in [0.3, 0.4) is 0 Å². The summed E-state index contributed by atoms with van der Waals surface area (Å²) in [7, 11) is 0. The van der Waals surface area contributed by atoms with Gasteiger partial charge in [-0.25, -0.2) is 4.39 Å². The fourth-order valence-electron chi connectivity index (χ4n) is 1.86. The standard InChI is InChI=1S/C17H14FNO2/c18-15-8-6-14(7-9-15)17(20)5-2-10-21-16-4-1-3-13(11-16)12-19/h1,3-4,6-9,11H,2,5,10H2. The van der Waals surface area contributed by atoms with Crippen LogP contribution in [0.2, 0.25) is 0 Å². The number of Topliss-reactive ketones (excluding diaryl/α,β-unsaturated/α-hetero) is 1. The monoisotopic (exact) mass is 283 g/mol. The van der Waals surface area contributed by atoms with Gasteiger partial charge in [-0.1, -0.05) is 6.07 Å². The number of benzene rings is 2. The van der Waals surface area contributed by atoms with Crippen molar-refractivity contribution >= 4 is 5.78 Å². The molecular weight excluding hydrogens is 269 g/mol. The van der Waals surface area contributed by atoms with Crippen LogP contribution in [0, 0.1) is 17.1 Å². The first-order valence-electron chi connectivity index (χ1n) is 6.61. The maximum absolute atomic E-state index is 12.8. The minimum Gasteiger partial charge on any atom is -0.494 e. The van der Waals surface area contributed by atoms with Crippen molar-refractivity contribution in [3.8, 4) is 11.8 Å². The predicted octanol–water partition coefficient (Wildman–Crippen LogP) is 3.74. The van der Waals surface area contributed by atoms with Gasteiger partial charge in [-0.2, -0.15) is 5.26 Å². The van der Waals surface area contributed by atoms with Gasteiger partial charge in [-0.15, -0.1) is 0 Å². The molecule has 3 nitrogen and oxygen atoms in total. The van der Waals surface area contributed by atoms with Crippen LogP contribution in [0.4, 0.5) is 4.39 Å². The Kier molecular flexibility index (Phi) is 5.05. The smallest absolute Gasteiger partial charge is 0.163 e. The molecule has 4 heteroatoms. The SMILES string of the molecule is N#Cc1cccc(OCCCC(=O)c2ccc(F)cc2)c1. The lowest BCUT2D eigenvalue weighted by atomic mass is 10.1. The Morgan fingerprint density at radius 2 is 1.95 bits per heavy atom. The lowest BCUT2D eigenvalue weighted by Gasteiger charge is -2.06. The van der Waals surface area contributed by atoms with Gasteiger partial charge in [-0.3, -0.25) is 4.79 Å². The van der Waals surface area contributed by atoms with Crippen LogP contribution in [-0.4, -0.2) is 12.4 Å². The van der Waals surface area contributed by atoms with Gasteiger partial charge >= 0.3 is 0 Å². The highest BCUT2D eigenvalue weighted by Crippen LogP contribution is 2.13. The van der Waals surface area contributed by atoms with Gasteiger partial charge in [0.1, 0.15) is 11.6 Å². The molecule has 0 amide bonds. The number of carbonyl (C=O) groups is 1. The molecule has 0 aromatic heterocycles. The van der Waals surface area contributed by atoms with Crippen LogP contribution in [0.15, 0.2) is 48.5 Å². The van der Waals surface area contributed by atoms with Crippen molar-refractivity contribution in [3.63, 3.8) is 0 Å². The van der Waals surface area contributed by atoms with Gasteiger partial charge in [0.25, 0.3) is 0 Å². The average Bonchev–Trinajstić information content (AvgIpc) is 2.52. The van der Waals surface area contributed by atoms with Crippen molar-refractivity contribution in [1.82, 2.24) is 0 Å². The van der Waals surface area contributed by atoms with Crippen molar-refractivity contribution in [3.05, 3.63) is 65.5 Å². The molecule has 0 aliphatic heterocycles. The van der Waals surface area contributed by atoms with Crippen LogP contribution in [0.5, 0.6) is 5.75 Å². The molecule has 0 bridgehead atoms. The second-order valence-electron chi connectivity index (χ2n) is 4.52. The molecule has 106 valence electrons. The van der Waals surface area contributed by atoms with Crippen molar-refractivity contribution in [2.24, 2.45) is 0 Å². The zero-order chi connectivity index (χ0) is 15.1. The highest BCUT2D eigenvalue weighted by atomic mass is 19.1. The molecular formula is C17H14FNO2. The third kappa shape index (κ3) is 4.43. The number of ketones is 1. The lowest BCUT2D eigenvalue weighted by molar-refractivity contribution is 0.0973. The van der Waals surface area contributed by atoms with E-state index >= 15 is 0 Å². The number of ether oxygens (including phenoxy) is 1. The van der Waals surface area contributed by atoms with Gasteiger partial charge in [0, 0.05) is 12.0 Å². The molecule has 0 atom stereocenters. The summed E-state index contributed by atoms with van der Waals surface area (Å²) in [6, 6.07) is 14.4. The number of nitriles is 1. The van der Waals surface area contributed by atoms with Gasteiger partial charge in [0.15, 0.2) is 5.78 Å². The number of halogens is 1. The Hall–Kier alpha value is -2.67. The first-order chi connectivity index (χ1) is 10.2. The van der Waals surface area contributed by atoms with E-state index in [-0.39, 0.29) is 11.6 Å². The number of hydrogen-bond acceptors (Lipinski definition) is 3. The summed E-state index contributed by atoms with van der Waals surface area (Å²) < 4.78 is 18.2. The van der Waals surface area contributed by atoms with Crippen molar-refractivity contribution in [2.45, 2.75) is 12.8 Å². The molecule has 0 aliphatic rings. The summed E-state index contributed by atoms with van der Waals surface area (Å²) >= 11 is 0. The lowest BCUT2D eigenvalue weighted by Crippen LogP contribution is -2.04. The molecule has 0 N–H and O–H groups in total. The van der Waals surface area contributed by atoms with Crippen molar-refractivity contribution in [1.29, 1.82) is 5.26 Å². The first kappa shape index (κ1) is 14.7. The summed E-state index contributed by atoms with van der Waals surface area (Å²) in [5, 5.41) is 8.78. The molecule has 0 saturated heterocycles. The van der Waals surface area contributed by atoms with Crippen LogP contribution in [-0.2, 0) is 0 Å². The normalized spacial score (nSPS) is 9.90. The van der Waals surface area contributed by atoms with E-state index in [1.54, 1.807) is 24.3 Å². The van der Waals surface area contributed by atoms with E-state index in [9.17, 15) is 9.18 Å². The molecule has 21 heavy (non-hydrogen) atoms. The number of rotatable bonds is 6. The molecule has 0 aliphatic carbocycles. The second-order valence-corrected chi connectivity index (χ2v) is 4.52. The third-order valence-corrected chi connectivity index (χ3v) is 2.95. The molecule has 2 aromatic rings. The molecule has 0 fully saturated rings. The summed E-state index contributed by atoms with van der Waals surface area (Å²) in [5.74, 6) is 0.222. The van der Waals surface area contributed by atoms with Gasteiger partial charge < -0.3 is 4.74 Å². The van der Waals surface area contributed by atoms with E-state index in [1.807, 2.05) is 6.07 Å². The second kappa shape index (κ2) is 7.20. The van der Waals surface area contributed by atoms with Gasteiger partial charge in [0.2, 0.25) is 0 Å². The molecule has 2 aromatic carbocycles. The zero-order valence-electron chi connectivity index (χ0n) is 11.4. The summed E-state index contributed by atoms with van der Waals surface area (Å²) in [6.07, 6.45) is 0.899. The third-order valence-electron chi connectivity index (χ3n) is 2.95. The quantitative estimate of drug-likeness (QED) is 0.599. The minimum atomic E-state index is -0.354. The summed E-state index contributed by atoms with van der Waals surface area (Å²) in [6.45, 7) is 0.391. The highest BCUT2D eigenvalue weighted by molar-refractivity contribution is 5.95. The minimum absolute atomic E-state index is 0.0376. The largest absolute Gasteiger partial charge is 0.494 e. The van der Waals surface area contributed by atoms with E-state index in [0.717, 1.165) is 0 Å². The highest BCUT2D eigenvalue weighted by Gasteiger charge is 2.06. The molecule has 0 radical (unpaired) electrons. The Labute approximate surface area is 122 Å². The Morgan fingerprint density at radius 1 is 1.19 bits per heavy atom. The van der Waals surface area contributed by atoms with E-state index in [1.165, 1.54) is 24.3 Å². The van der Waals surface area contributed by atoms with E-state index in [4.69, 9.17) is 10.00 Å². The zero-order valence-corrected chi connectivity index (χ0v) is 11.4. The fourth-order valence-corrected chi connectivity index (χ4v) is 1.86. The summed E-state index contributed by atoms with van der Waals surface area (Å²) in [5.41, 5.74) is 1.04. The number of carbonyl (C=O) groups excluding carboxylic acids is 1. The fraction of sp³-hybridized carbons (Fsp3) is 0.176. The maximum atomic E-state index is 12.8. The van der Waals surface area contributed by atoms with E-state index in [2.05, 4.69) is 0 Å². The molecule has 0 saturated carbocycles. The Balaban J connectivity index is 1.78. The number of nitrogens with zero attached hydrogens (tertiary/aromatic N) is 1. The molecule has 0 heterocycles. The Bertz CT molecular complexity index is 659. The topological polar surface area (TPSA) is 50.1 Å². The van der Waals surface area contributed by atoms with Gasteiger partial charge in [0.05, 0.1) is 18.2 Å². The van der Waals surface area contributed by atoms with Gasteiger partial charge in [-0.05, 0) is 48.9 Å². The van der Waals surface area contributed by atoms with Crippen molar-refractivity contribution < 1.29 is 13.9 Å². The number of hydrogen-bond donors (Lipinski definition) is 0. The average molecular weight is 283 g/mol. The molecule has 0 spiro atoms. The van der Waals surface area contributed by atoms with Crippen LogP contribution in [0.25, 0.3) is 0 Å². The Morgan fingerprint density at radius 3 is 2.67 bits per heavy atom. The summed E-state index contributed by atoms with van der Waals surface area (Å²) in [4.78, 5) is 11.8. The van der Waals surface area contributed by atoms with E-state index in [0.29, 0.717) is 36.3 Å². The molecule has 0 unspecified atom stereocenters.